The molecule has 0 aliphatic carbocycles. The molecule has 0 spiro atoms. The number of carbonyl (C=O) groups excluding carboxylic acids is 1. The van der Waals surface area contributed by atoms with E-state index in [-0.39, 0.29) is 17.9 Å². The van der Waals surface area contributed by atoms with E-state index in [0.29, 0.717) is 22.1 Å². The van der Waals surface area contributed by atoms with Crippen LogP contribution in [0, 0.1) is 17.0 Å². The number of aryl methyl sites for hydroxylation is 1. The number of ether oxygens (including phenoxy) is 1. The molecule has 1 aliphatic rings. The van der Waals surface area contributed by atoms with Crippen molar-refractivity contribution in [2.75, 3.05) is 19.7 Å². The van der Waals surface area contributed by atoms with Gasteiger partial charge in [0.15, 0.2) is 0 Å². The van der Waals surface area contributed by atoms with Gasteiger partial charge in [0.25, 0.3) is 5.69 Å². The number of carbonyl (C=O) groups is 1. The Morgan fingerprint density at radius 1 is 1.29 bits per heavy atom. The lowest BCUT2D eigenvalue weighted by Crippen LogP contribution is -2.23. The van der Waals surface area contributed by atoms with Gasteiger partial charge in [-0.15, -0.1) is 0 Å². The predicted octanol–water partition coefficient (Wildman–Crippen LogP) is 4.03. The first-order valence-corrected chi connectivity index (χ1v) is 10.0. The topological polar surface area (TPSA) is 98.5 Å². The second-order valence-electron chi connectivity index (χ2n) is 6.42. The molecule has 0 atom stereocenters. The first kappa shape index (κ1) is 20.2. The number of rotatable bonds is 6. The summed E-state index contributed by atoms with van der Waals surface area (Å²) in [7, 11) is 0. The van der Waals surface area contributed by atoms with Crippen molar-refractivity contribution < 1.29 is 14.5 Å². The highest BCUT2D eigenvalue weighted by Crippen LogP contribution is 2.31. The van der Waals surface area contributed by atoms with E-state index < -0.39 is 10.9 Å². The van der Waals surface area contributed by atoms with Crippen LogP contribution >= 0.6 is 11.9 Å². The average Bonchev–Trinajstić information content (AvgIpc) is 2.68. The third kappa shape index (κ3) is 4.66. The number of nitrogens with zero attached hydrogens (tertiary/aromatic N) is 4. The third-order valence-corrected chi connectivity index (χ3v) is 5.37. The van der Waals surface area contributed by atoms with Crippen molar-refractivity contribution in [1.29, 1.82) is 0 Å². The lowest BCUT2D eigenvalue weighted by Gasteiger charge is -2.24. The number of non-ortho nitro benzene ring substituents is 1. The Labute approximate surface area is 167 Å². The van der Waals surface area contributed by atoms with Crippen LogP contribution in [-0.2, 0) is 4.74 Å². The van der Waals surface area contributed by atoms with E-state index >= 15 is 0 Å². The third-order valence-electron chi connectivity index (χ3n) is 4.41. The summed E-state index contributed by atoms with van der Waals surface area (Å²) < 4.78 is 7.38. The number of esters is 1. The van der Waals surface area contributed by atoms with Crippen LogP contribution in [0.2, 0.25) is 0 Å². The Hall–Kier alpha value is -2.52. The Kier molecular flexibility index (Phi) is 6.58. The van der Waals surface area contributed by atoms with E-state index in [9.17, 15) is 14.9 Å². The summed E-state index contributed by atoms with van der Waals surface area (Å²) in [6.07, 6.45) is 3.48. The molecule has 0 unspecified atom stereocenters. The Morgan fingerprint density at radius 3 is 2.71 bits per heavy atom. The molecule has 2 aromatic rings. The van der Waals surface area contributed by atoms with Gasteiger partial charge < -0.3 is 4.74 Å². The normalized spacial score (nSPS) is 14.6. The van der Waals surface area contributed by atoms with Gasteiger partial charge in [0.1, 0.15) is 5.56 Å². The van der Waals surface area contributed by atoms with Crippen LogP contribution in [-0.4, -0.2) is 44.9 Å². The summed E-state index contributed by atoms with van der Waals surface area (Å²) in [6.45, 7) is 5.59. The summed E-state index contributed by atoms with van der Waals surface area (Å²) in [6, 6.07) is 6.11. The van der Waals surface area contributed by atoms with Crippen LogP contribution in [0.1, 0.15) is 42.2 Å². The van der Waals surface area contributed by atoms with Crippen LogP contribution < -0.4 is 0 Å². The highest BCUT2D eigenvalue weighted by molar-refractivity contribution is 7.96. The van der Waals surface area contributed by atoms with Gasteiger partial charge in [-0.1, -0.05) is 18.6 Å². The Morgan fingerprint density at radius 2 is 2.04 bits per heavy atom. The standard InChI is InChI=1S/C19H22N4O4S/c1-3-27-18(24)16-13(2)20-19(28-22-10-5-4-6-11-22)21-17(16)14-8-7-9-15(12-14)23(25)26/h7-9,12H,3-6,10-11H2,1-2H3. The molecule has 148 valence electrons. The zero-order chi connectivity index (χ0) is 20.1. The molecule has 1 saturated heterocycles. The van der Waals surface area contributed by atoms with Gasteiger partial charge in [0, 0.05) is 30.8 Å². The number of hydrogen-bond acceptors (Lipinski definition) is 8. The van der Waals surface area contributed by atoms with Crippen LogP contribution in [0.25, 0.3) is 11.3 Å². The molecule has 9 heteroatoms. The lowest BCUT2D eigenvalue weighted by atomic mass is 10.0. The largest absolute Gasteiger partial charge is 0.462 e. The van der Waals surface area contributed by atoms with Crippen molar-refractivity contribution in [2.24, 2.45) is 0 Å². The number of aromatic nitrogens is 2. The average molecular weight is 402 g/mol. The number of benzene rings is 1. The Balaban J connectivity index is 2.06. The summed E-state index contributed by atoms with van der Waals surface area (Å²) >= 11 is 1.46. The predicted molar refractivity (Wildman–Crippen MR) is 106 cm³/mol. The zero-order valence-corrected chi connectivity index (χ0v) is 16.7. The van der Waals surface area contributed by atoms with Gasteiger partial charge in [0.05, 0.1) is 22.9 Å². The molecule has 0 saturated carbocycles. The van der Waals surface area contributed by atoms with E-state index in [0.717, 1.165) is 25.9 Å². The summed E-state index contributed by atoms with van der Waals surface area (Å²) in [4.78, 5) is 32.3. The molecule has 0 bridgehead atoms. The van der Waals surface area contributed by atoms with E-state index in [4.69, 9.17) is 4.74 Å². The van der Waals surface area contributed by atoms with Crippen LogP contribution in [0.3, 0.4) is 0 Å². The van der Waals surface area contributed by atoms with Gasteiger partial charge in [-0.05, 0) is 38.6 Å². The van der Waals surface area contributed by atoms with Gasteiger partial charge >= 0.3 is 5.97 Å². The van der Waals surface area contributed by atoms with Gasteiger partial charge in [-0.3, -0.25) is 10.1 Å². The maximum Gasteiger partial charge on any atom is 0.342 e. The first-order chi connectivity index (χ1) is 13.5. The first-order valence-electron chi connectivity index (χ1n) is 9.23. The number of nitro benzene ring substituents is 1. The summed E-state index contributed by atoms with van der Waals surface area (Å²) in [5.74, 6) is -0.531. The quantitative estimate of drug-likeness (QED) is 0.235. The molecule has 0 amide bonds. The highest BCUT2D eigenvalue weighted by Gasteiger charge is 2.23. The molecule has 0 radical (unpaired) electrons. The highest BCUT2D eigenvalue weighted by atomic mass is 32.2. The number of piperidine rings is 1. The van der Waals surface area contributed by atoms with E-state index in [2.05, 4.69) is 14.3 Å². The lowest BCUT2D eigenvalue weighted by molar-refractivity contribution is -0.384. The van der Waals surface area contributed by atoms with Crippen molar-refractivity contribution in [3.8, 4) is 11.3 Å². The summed E-state index contributed by atoms with van der Waals surface area (Å²) in [5.41, 5.74) is 1.52. The second kappa shape index (κ2) is 9.11. The van der Waals surface area contributed by atoms with Gasteiger partial charge in [0.2, 0.25) is 5.16 Å². The van der Waals surface area contributed by atoms with Crippen molar-refractivity contribution >= 4 is 23.6 Å². The zero-order valence-electron chi connectivity index (χ0n) is 15.9. The maximum absolute atomic E-state index is 12.5. The van der Waals surface area contributed by atoms with Crippen molar-refractivity contribution in [3.63, 3.8) is 0 Å². The van der Waals surface area contributed by atoms with Crippen LogP contribution in [0.15, 0.2) is 29.4 Å². The monoisotopic (exact) mass is 402 g/mol. The molecule has 1 aliphatic heterocycles. The fourth-order valence-corrected chi connectivity index (χ4v) is 4.06. The minimum atomic E-state index is -0.531. The molecule has 3 rings (SSSR count). The smallest absolute Gasteiger partial charge is 0.342 e. The Bertz CT molecular complexity index is 884. The molecule has 0 N–H and O–H groups in total. The molecule has 1 aromatic carbocycles. The van der Waals surface area contributed by atoms with Gasteiger partial charge in [-0.25, -0.2) is 19.1 Å². The molecule has 8 nitrogen and oxygen atoms in total. The van der Waals surface area contributed by atoms with E-state index in [1.165, 1.54) is 30.5 Å². The van der Waals surface area contributed by atoms with Crippen LogP contribution in [0.5, 0.6) is 0 Å². The van der Waals surface area contributed by atoms with Crippen molar-refractivity contribution in [2.45, 2.75) is 38.3 Å². The molecule has 28 heavy (non-hydrogen) atoms. The molecule has 2 heterocycles. The minimum Gasteiger partial charge on any atom is -0.462 e. The molecular weight excluding hydrogens is 380 g/mol. The van der Waals surface area contributed by atoms with E-state index in [1.807, 2.05) is 0 Å². The fourth-order valence-electron chi connectivity index (χ4n) is 3.08. The molecule has 1 aromatic heterocycles. The molecular formula is C19H22N4O4S. The fraction of sp³-hybridized carbons (Fsp3) is 0.421. The molecule has 1 fully saturated rings. The maximum atomic E-state index is 12.5. The van der Waals surface area contributed by atoms with Gasteiger partial charge in [-0.2, -0.15) is 0 Å². The number of hydrogen-bond donors (Lipinski definition) is 0. The summed E-state index contributed by atoms with van der Waals surface area (Å²) in [5, 5.41) is 11.7. The van der Waals surface area contributed by atoms with E-state index in [1.54, 1.807) is 26.0 Å². The minimum absolute atomic E-state index is 0.0613. The second-order valence-corrected chi connectivity index (χ2v) is 7.49. The SMILES string of the molecule is CCOC(=O)c1c(C)nc(SN2CCCCC2)nc1-c1cccc([N+](=O)[O-])c1. The van der Waals surface area contributed by atoms with Crippen molar-refractivity contribution in [1.82, 2.24) is 14.3 Å². The number of nitro groups is 1. The van der Waals surface area contributed by atoms with Crippen LogP contribution in [0.4, 0.5) is 5.69 Å². The van der Waals surface area contributed by atoms with Crippen molar-refractivity contribution in [3.05, 3.63) is 45.6 Å².